The summed E-state index contributed by atoms with van der Waals surface area (Å²) < 4.78 is 0. The van der Waals surface area contributed by atoms with E-state index >= 15 is 0 Å². The number of anilines is 2. The van der Waals surface area contributed by atoms with Gasteiger partial charge in [-0.3, -0.25) is 0 Å². The smallest absolute Gasteiger partial charge is 0.123 e. The Morgan fingerprint density at radius 2 is 0.778 bits per heavy atom. The van der Waals surface area contributed by atoms with Gasteiger partial charge in [-0.2, -0.15) is 0 Å². The Hall–Kier alpha value is -3.37. The van der Waals surface area contributed by atoms with E-state index in [1.807, 2.05) is 11.8 Å². The number of hydrogen-bond acceptors (Lipinski definition) is 4. The highest BCUT2D eigenvalue weighted by Crippen LogP contribution is 2.44. The molecule has 0 aliphatic carbocycles. The van der Waals surface area contributed by atoms with Crippen molar-refractivity contribution in [1.82, 2.24) is 0 Å². The Morgan fingerprint density at radius 1 is 0.489 bits per heavy atom. The molecular weight excluding hydrogens is 571 g/mol. The van der Waals surface area contributed by atoms with E-state index in [1.54, 1.807) is 0 Å². The van der Waals surface area contributed by atoms with Crippen molar-refractivity contribution in [2.24, 2.45) is 0 Å². The predicted molar refractivity (Wildman–Crippen MR) is 194 cm³/mol. The Kier molecular flexibility index (Phi) is 9.54. The van der Waals surface area contributed by atoms with Gasteiger partial charge in [-0.1, -0.05) is 143 Å². The molecule has 1 heterocycles. The second kappa shape index (κ2) is 12.4. The summed E-state index contributed by atoms with van der Waals surface area (Å²) in [6, 6.07) is 25.4. The van der Waals surface area contributed by atoms with Crippen LogP contribution in [0, 0.1) is 0 Å². The van der Waals surface area contributed by atoms with Crippen LogP contribution >= 0.6 is 11.8 Å². The second-order valence-corrected chi connectivity index (χ2v) is 17.6. The number of rotatable bonds is 2. The molecule has 1 aliphatic rings. The zero-order valence-electron chi connectivity index (χ0n) is 29.4. The van der Waals surface area contributed by atoms with Crippen LogP contribution in [0.2, 0.25) is 0 Å². The summed E-state index contributed by atoms with van der Waals surface area (Å²) in [6.07, 6.45) is 0.763. The molecule has 240 valence electrons. The first-order valence-electron chi connectivity index (χ1n) is 16.0. The van der Waals surface area contributed by atoms with Gasteiger partial charge in [0.2, 0.25) is 0 Å². The molecule has 0 amide bonds. The highest BCUT2D eigenvalue weighted by atomic mass is 32.2. The van der Waals surface area contributed by atoms with Crippen LogP contribution in [0.1, 0.15) is 116 Å². The van der Waals surface area contributed by atoms with E-state index in [1.165, 1.54) is 32.3 Å². The van der Waals surface area contributed by atoms with Crippen LogP contribution in [0.3, 0.4) is 0 Å². The summed E-state index contributed by atoms with van der Waals surface area (Å²) in [5.41, 5.74) is 8.14. The lowest BCUT2D eigenvalue weighted by Gasteiger charge is -2.29. The van der Waals surface area contributed by atoms with Crippen LogP contribution in [-0.2, 0) is 28.1 Å². The van der Waals surface area contributed by atoms with Gasteiger partial charge in [0.1, 0.15) is 11.5 Å². The van der Waals surface area contributed by atoms with E-state index < -0.39 is 0 Å². The summed E-state index contributed by atoms with van der Waals surface area (Å²) in [6.45, 7) is 25.8. The molecule has 0 atom stereocenters. The third kappa shape index (κ3) is 8.08. The molecule has 0 aromatic heterocycles. The van der Waals surface area contributed by atoms with Gasteiger partial charge in [-0.15, -0.1) is 0 Å². The standard InChI is InChI=1S/C29H44O2.C12H9NS/c1-26(2,3)20-14-18(15-21(24(20)30)27(4,5)6)13-19-16-22(28(7,8)9)25(31)23(17-19)29(10,11)12;1-3-7-11-9(5-1)13-10-6-2-4-8-12(10)14-11/h14-17,30-31H,13H2,1-12H3;1-8,13H. The number of phenolic OH excluding ortho intramolecular Hbond substituents is 2. The van der Waals surface area contributed by atoms with Gasteiger partial charge >= 0.3 is 0 Å². The van der Waals surface area contributed by atoms with Gasteiger partial charge < -0.3 is 15.5 Å². The van der Waals surface area contributed by atoms with Crippen LogP contribution < -0.4 is 5.32 Å². The third-order valence-corrected chi connectivity index (χ3v) is 9.39. The predicted octanol–water partition coefficient (Wildman–Crippen LogP) is 11.8. The van der Waals surface area contributed by atoms with Crippen molar-refractivity contribution in [2.45, 2.75) is 121 Å². The maximum atomic E-state index is 11.1. The zero-order valence-corrected chi connectivity index (χ0v) is 30.3. The number of hydrogen-bond donors (Lipinski definition) is 3. The van der Waals surface area contributed by atoms with Crippen LogP contribution in [0.5, 0.6) is 11.5 Å². The van der Waals surface area contributed by atoms with Crippen molar-refractivity contribution in [1.29, 1.82) is 0 Å². The van der Waals surface area contributed by atoms with Crippen LogP contribution in [0.4, 0.5) is 11.4 Å². The van der Waals surface area contributed by atoms with Crippen molar-refractivity contribution in [2.75, 3.05) is 5.32 Å². The van der Waals surface area contributed by atoms with E-state index in [0.29, 0.717) is 11.5 Å². The monoisotopic (exact) mass is 623 g/mol. The first kappa shape index (κ1) is 34.5. The number of fused-ring (bicyclic) bond motifs is 2. The molecule has 0 bridgehead atoms. The molecule has 0 radical (unpaired) electrons. The lowest BCUT2D eigenvalue weighted by atomic mass is 9.76. The normalized spacial score (nSPS) is 13.2. The number of nitrogens with one attached hydrogen (secondary N) is 1. The van der Waals surface area contributed by atoms with E-state index in [4.69, 9.17) is 0 Å². The van der Waals surface area contributed by atoms with E-state index in [9.17, 15) is 10.2 Å². The molecule has 0 unspecified atom stereocenters. The molecule has 4 aromatic carbocycles. The fourth-order valence-corrected chi connectivity index (χ4v) is 6.68. The van der Waals surface area contributed by atoms with Gasteiger partial charge in [-0.25, -0.2) is 0 Å². The lowest BCUT2D eigenvalue weighted by Crippen LogP contribution is -2.19. The first-order valence-corrected chi connectivity index (χ1v) is 16.8. The minimum atomic E-state index is -0.151. The minimum Gasteiger partial charge on any atom is -0.507 e. The summed E-state index contributed by atoms with van der Waals surface area (Å²) in [7, 11) is 0. The molecule has 0 saturated heterocycles. The second-order valence-electron chi connectivity index (χ2n) is 16.5. The van der Waals surface area contributed by atoms with Gasteiger partial charge in [0, 0.05) is 9.79 Å². The SMILES string of the molecule is CC(C)(C)c1cc(Cc2cc(C(C)(C)C)c(O)c(C(C)(C)C)c2)cc(C(C)(C)C)c1O.c1ccc2c(c1)Nc1ccccc1S2. The third-order valence-electron chi connectivity index (χ3n) is 8.24. The quantitative estimate of drug-likeness (QED) is 0.183. The summed E-state index contributed by atoms with van der Waals surface area (Å²) >= 11 is 1.82. The molecule has 1 aliphatic heterocycles. The van der Waals surface area contributed by atoms with Crippen LogP contribution in [0.25, 0.3) is 0 Å². The Morgan fingerprint density at radius 3 is 1.07 bits per heavy atom. The molecule has 0 spiro atoms. The van der Waals surface area contributed by atoms with Crippen molar-refractivity contribution in [3.05, 3.63) is 106 Å². The van der Waals surface area contributed by atoms with Gasteiger partial charge in [0.25, 0.3) is 0 Å². The van der Waals surface area contributed by atoms with E-state index in [-0.39, 0.29) is 21.7 Å². The topological polar surface area (TPSA) is 52.5 Å². The summed E-state index contributed by atoms with van der Waals surface area (Å²) in [5, 5.41) is 25.5. The average Bonchev–Trinajstić information content (AvgIpc) is 2.91. The maximum absolute atomic E-state index is 11.1. The van der Waals surface area contributed by atoms with Gasteiger partial charge in [-0.05, 0) is 85.7 Å². The van der Waals surface area contributed by atoms with E-state index in [2.05, 4.69) is 161 Å². The van der Waals surface area contributed by atoms with Crippen molar-refractivity contribution in [3.8, 4) is 11.5 Å². The Labute approximate surface area is 276 Å². The largest absolute Gasteiger partial charge is 0.507 e. The lowest BCUT2D eigenvalue weighted by molar-refractivity contribution is 0.422. The molecule has 5 rings (SSSR count). The minimum absolute atomic E-state index is 0.151. The molecule has 45 heavy (non-hydrogen) atoms. The summed E-state index contributed by atoms with van der Waals surface area (Å²) in [5.74, 6) is 0.834. The number of aromatic hydroxyl groups is 2. The van der Waals surface area contributed by atoms with Crippen molar-refractivity contribution in [3.63, 3.8) is 0 Å². The van der Waals surface area contributed by atoms with Gasteiger partial charge in [0.05, 0.1) is 11.4 Å². The molecule has 0 saturated carbocycles. The van der Waals surface area contributed by atoms with Gasteiger partial charge in [0.15, 0.2) is 0 Å². The molecule has 4 aromatic rings. The zero-order chi connectivity index (χ0) is 33.5. The first-order chi connectivity index (χ1) is 20.7. The summed E-state index contributed by atoms with van der Waals surface area (Å²) in [4.78, 5) is 2.59. The number of phenols is 2. The fourth-order valence-electron chi connectivity index (χ4n) is 5.70. The Bertz CT molecular complexity index is 1440. The van der Waals surface area contributed by atoms with Crippen molar-refractivity contribution < 1.29 is 10.2 Å². The van der Waals surface area contributed by atoms with Crippen LogP contribution in [0.15, 0.2) is 82.6 Å². The van der Waals surface area contributed by atoms with Crippen molar-refractivity contribution >= 4 is 23.1 Å². The molecule has 4 heteroatoms. The number of benzene rings is 4. The highest BCUT2D eigenvalue weighted by Gasteiger charge is 2.29. The maximum Gasteiger partial charge on any atom is 0.123 e. The number of para-hydroxylation sites is 2. The average molecular weight is 624 g/mol. The molecule has 3 nitrogen and oxygen atoms in total. The highest BCUT2D eigenvalue weighted by molar-refractivity contribution is 7.99. The Balaban J connectivity index is 0.000000269. The molecule has 0 fully saturated rings. The van der Waals surface area contributed by atoms with E-state index in [0.717, 1.165) is 28.7 Å². The molecular formula is C41H53NO2S. The van der Waals surface area contributed by atoms with Crippen LogP contribution in [-0.4, -0.2) is 10.2 Å². The fraction of sp³-hybridized carbons (Fsp3) is 0.415. The molecule has 3 N–H and O–H groups in total.